The van der Waals surface area contributed by atoms with Crippen molar-refractivity contribution in [2.75, 3.05) is 19.8 Å². The second kappa shape index (κ2) is 5.10. The van der Waals surface area contributed by atoms with Crippen LogP contribution in [0.1, 0.15) is 33.6 Å². The molecule has 0 radical (unpaired) electrons. The van der Waals surface area contributed by atoms with E-state index in [4.69, 9.17) is 15.2 Å². The summed E-state index contributed by atoms with van der Waals surface area (Å²) in [5, 5.41) is 0. The maximum absolute atomic E-state index is 5.92. The van der Waals surface area contributed by atoms with E-state index in [-0.39, 0.29) is 12.1 Å². The van der Waals surface area contributed by atoms with Gasteiger partial charge >= 0.3 is 0 Å². The van der Waals surface area contributed by atoms with Crippen LogP contribution in [0.3, 0.4) is 0 Å². The Kier molecular flexibility index (Phi) is 4.35. The van der Waals surface area contributed by atoms with Gasteiger partial charge in [-0.25, -0.2) is 0 Å². The summed E-state index contributed by atoms with van der Waals surface area (Å²) in [6.07, 6.45) is 2.09. The molecular formula is C11H23NO2. The van der Waals surface area contributed by atoms with Gasteiger partial charge in [-0.2, -0.15) is 0 Å². The van der Waals surface area contributed by atoms with Gasteiger partial charge in [0.2, 0.25) is 0 Å². The van der Waals surface area contributed by atoms with Crippen molar-refractivity contribution < 1.29 is 9.47 Å². The van der Waals surface area contributed by atoms with Gasteiger partial charge in [0.05, 0.1) is 12.7 Å². The summed E-state index contributed by atoms with van der Waals surface area (Å²) >= 11 is 0. The first-order valence-electron chi connectivity index (χ1n) is 5.44. The largest absolute Gasteiger partial charge is 0.379 e. The average molecular weight is 201 g/mol. The molecule has 1 aliphatic heterocycles. The molecule has 0 aromatic heterocycles. The lowest BCUT2D eigenvalue weighted by Crippen LogP contribution is -2.44. The Labute approximate surface area is 86.9 Å². The summed E-state index contributed by atoms with van der Waals surface area (Å²) in [6.45, 7) is 8.87. The van der Waals surface area contributed by atoms with Crippen LogP contribution in [0.2, 0.25) is 0 Å². The lowest BCUT2D eigenvalue weighted by Gasteiger charge is -2.29. The fourth-order valence-corrected chi connectivity index (χ4v) is 1.42. The predicted octanol–water partition coefficient (Wildman–Crippen LogP) is 1.56. The monoisotopic (exact) mass is 201 g/mol. The van der Waals surface area contributed by atoms with Crippen molar-refractivity contribution in [3.63, 3.8) is 0 Å². The summed E-state index contributed by atoms with van der Waals surface area (Å²) in [5.74, 6) is 0. The minimum Gasteiger partial charge on any atom is -0.379 e. The van der Waals surface area contributed by atoms with E-state index in [2.05, 4.69) is 20.8 Å². The molecule has 0 saturated carbocycles. The van der Waals surface area contributed by atoms with Gasteiger partial charge in [-0.1, -0.05) is 20.8 Å². The molecule has 0 spiro atoms. The van der Waals surface area contributed by atoms with Crippen molar-refractivity contribution in [2.45, 2.75) is 45.8 Å². The lowest BCUT2D eigenvalue weighted by molar-refractivity contribution is -0.0658. The Morgan fingerprint density at radius 1 is 1.43 bits per heavy atom. The highest BCUT2D eigenvalue weighted by Gasteiger charge is 2.23. The maximum atomic E-state index is 5.92. The van der Waals surface area contributed by atoms with E-state index in [1.165, 1.54) is 0 Å². The molecular weight excluding hydrogens is 178 g/mol. The van der Waals surface area contributed by atoms with Gasteiger partial charge in [-0.3, -0.25) is 0 Å². The SMILES string of the molecule is CC(C)(C)CCOC1COCCC1N. The van der Waals surface area contributed by atoms with Gasteiger partial charge in [0.1, 0.15) is 0 Å². The first-order chi connectivity index (χ1) is 6.49. The Hall–Kier alpha value is -0.120. The normalized spacial score (nSPS) is 29.1. The van der Waals surface area contributed by atoms with Crippen LogP contribution in [0.15, 0.2) is 0 Å². The van der Waals surface area contributed by atoms with Crippen LogP contribution in [-0.2, 0) is 9.47 Å². The summed E-state index contributed by atoms with van der Waals surface area (Å²) in [6, 6.07) is 0.156. The molecule has 2 atom stereocenters. The van der Waals surface area contributed by atoms with Gasteiger partial charge in [0.15, 0.2) is 0 Å². The molecule has 1 heterocycles. The smallest absolute Gasteiger partial charge is 0.0959 e. The average Bonchev–Trinajstić information content (AvgIpc) is 2.06. The van der Waals surface area contributed by atoms with E-state index in [0.29, 0.717) is 12.0 Å². The molecule has 84 valence electrons. The second-order valence-corrected chi connectivity index (χ2v) is 5.25. The first-order valence-corrected chi connectivity index (χ1v) is 5.44. The quantitative estimate of drug-likeness (QED) is 0.753. The zero-order valence-electron chi connectivity index (χ0n) is 9.58. The van der Waals surface area contributed by atoms with E-state index in [9.17, 15) is 0 Å². The van der Waals surface area contributed by atoms with Crippen molar-refractivity contribution in [1.29, 1.82) is 0 Å². The van der Waals surface area contributed by atoms with Crippen LogP contribution in [-0.4, -0.2) is 32.0 Å². The summed E-state index contributed by atoms with van der Waals surface area (Å²) in [7, 11) is 0. The minimum atomic E-state index is 0.103. The van der Waals surface area contributed by atoms with E-state index < -0.39 is 0 Å². The molecule has 0 aliphatic carbocycles. The number of ether oxygens (including phenoxy) is 2. The number of rotatable bonds is 3. The van der Waals surface area contributed by atoms with Crippen LogP contribution in [0.25, 0.3) is 0 Å². The van der Waals surface area contributed by atoms with Crippen LogP contribution >= 0.6 is 0 Å². The summed E-state index contributed by atoms with van der Waals surface area (Å²) in [5.41, 5.74) is 6.26. The molecule has 14 heavy (non-hydrogen) atoms. The third kappa shape index (κ3) is 4.40. The van der Waals surface area contributed by atoms with Gasteiger partial charge in [-0.15, -0.1) is 0 Å². The Morgan fingerprint density at radius 2 is 2.14 bits per heavy atom. The highest BCUT2D eigenvalue weighted by atomic mass is 16.5. The molecule has 2 N–H and O–H groups in total. The van der Waals surface area contributed by atoms with Crippen molar-refractivity contribution in [3.05, 3.63) is 0 Å². The third-order valence-electron chi connectivity index (χ3n) is 2.54. The fraction of sp³-hybridized carbons (Fsp3) is 1.00. The van der Waals surface area contributed by atoms with Crippen molar-refractivity contribution in [2.24, 2.45) is 11.1 Å². The molecule has 0 aromatic carbocycles. The van der Waals surface area contributed by atoms with Gasteiger partial charge < -0.3 is 15.2 Å². The molecule has 1 fully saturated rings. The number of nitrogens with two attached hydrogens (primary N) is 1. The standard InChI is InChI=1S/C11H23NO2/c1-11(2,3)5-7-14-10-8-13-6-4-9(10)12/h9-10H,4-8,12H2,1-3H3. The molecule has 3 heteroatoms. The van der Waals surface area contributed by atoms with Crippen LogP contribution in [0, 0.1) is 5.41 Å². The Balaban J connectivity index is 2.17. The fourth-order valence-electron chi connectivity index (χ4n) is 1.42. The molecule has 3 nitrogen and oxygen atoms in total. The van der Waals surface area contributed by atoms with Crippen molar-refractivity contribution >= 4 is 0 Å². The Bertz CT molecular complexity index is 165. The first kappa shape index (κ1) is 12.0. The lowest BCUT2D eigenvalue weighted by atomic mass is 9.93. The zero-order valence-corrected chi connectivity index (χ0v) is 9.58. The van der Waals surface area contributed by atoms with Crippen molar-refractivity contribution in [1.82, 2.24) is 0 Å². The molecule has 1 aliphatic rings. The molecule has 2 unspecified atom stereocenters. The van der Waals surface area contributed by atoms with E-state index in [0.717, 1.165) is 26.1 Å². The van der Waals surface area contributed by atoms with Gasteiger partial charge in [-0.05, 0) is 18.3 Å². The molecule has 0 amide bonds. The van der Waals surface area contributed by atoms with Gasteiger partial charge in [0, 0.05) is 19.3 Å². The maximum Gasteiger partial charge on any atom is 0.0959 e. The van der Waals surface area contributed by atoms with Crippen molar-refractivity contribution in [3.8, 4) is 0 Å². The summed E-state index contributed by atoms with van der Waals surface area (Å²) in [4.78, 5) is 0. The van der Waals surface area contributed by atoms with E-state index in [1.54, 1.807) is 0 Å². The molecule has 1 saturated heterocycles. The number of hydrogen-bond donors (Lipinski definition) is 1. The molecule has 0 aromatic rings. The highest BCUT2D eigenvalue weighted by molar-refractivity contribution is 4.77. The third-order valence-corrected chi connectivity index (χ3v) is 2.54. The molecule has 1 rings (SSSR count). The molecule has 0 bridgehead atoms. The summed E-state index contributed by atoms with van der Waals surface area (Å²) < 4.78 is 11.1. The van der Waals surface area contributed by atoms with Gasteiger partial charge in [0.25, 0.3) is 0 Å². The second-order valence-electron chi connectivity index (χ2n) is 5.25. The van der Waals surface area contributed by atoms with Crippen LogP contribution < -0.4 is 5.73 Å². The zero-order chi connectivity index (χ0) is 10.6. The van der Waals surface area contributed by atoms with Crippen LogP contribution in [0.5, 0.6) is 0 Å². The predicted molar refractivity (Wildman–Crippen MR) is 57.2 cm³/mol. The van der Waals surface area contributed by atoms with Crippen LogP contribution in [0.4, 0.5) is 0 Å². The highest BCUT2D eigenvalue weighted by Crippen LogP contribution is 2.19. The Morgan fingerprint density at radius 3 is 2.71 bits per heavy atom. The van der Waals surface area contributed by atoms with E-state index >= 15 is 0 Å². The minimum absolute atomic E-state index is 0.103. The van der Waals surface area contributed by atoms with E-state index in [1.807, 2.05) is 0 Å². The topological polar surface area (TPSA) is 44.5 Å². The number of hydrogen-bond acceptors (Lipinski definition) is 3.